The van der Waals surface area contributed by atoms with E-state index in [1.807, 2.05) is 44.4 Å². The van der Waals surface area contributed by atoms with Crippen LogP contribution in [-0.2, 0) is 0 Å². The number of nitro benzene ring substituents is 1. The summed E-state index contributed by atoms with van der Waals surface area (Å²) in [5, 5.41) is 16.2. The lowest BCUT2D eigenvalue weighted by Gasteiger charge is -2.10. The summed E-state index contributed by atoms with van der Waals surface area (Å²) in [6, 6.07) is 10.2. The summed E-state index contributed by atoms with van der Waals surface area (Å²) in [4.78, 5) is 28.4. The molecular weight excluding hydrogens is 382 g/mol. The number of aryl methyl sites for hydroxylation is 3. The van der Waals surface area contributed by atoms with Gasteiger partial charge in [-0.25, -0.2) is 4.98 Å². The molecule has 0 aliphatic carbocycles. The molecular formula is C19H17N3O3S2. The highest BCUT2D eigenvalue weighted by molar-refractivity contribution is 8.01. The fourth-order valence-corrected chi connectivity index (χ4v) is 4.30. The minimum atomic E-state index is -0.475. The zero-order chi connectivity index (χ0) is 19.6. The van der Waals surface area contributed by atoms with E-state index in [4.69, 9.17) is 0 Å². The van der Waals surface area contributed by atoms with Crippen molar-refractivity contribution in [1.82, 2.24) is 4.98 Å². The van der Waals surface area contributed by atoms with Crippen LogP contribution in [0.25, 0.3) is 0 Å². The molecule has 1 amide bonds. The molecule has 2 aromatic carbocycles. The lowest BCUT2D eigenvalue weighted by molar-refractivity contribution is -0.387. The number of nitrogens with one attached hydrogen (secondary N) is 1. The summed E-state index contributed by atoms with van der Waals surface area (Å²) >= 11 is 2.66. The van der Waals surface area contributed by atoms with E-state index in [0.29, 0.717) is 10.6 Å². The topological polar surface area (TPSA) is 85.1 Å². The van der Waals surface area contributed by atoms with Crippen molar-refractivity contribution in [1.29, 1.82) is 0 Å². The van der Waals surface area contributed by atoms with Crippen molar-refractivity contribution < 1.29 is 9.72 Å². The van der Waals surface area contributed by atoms with Gasteiger partial charge in [0.2, 0.25) is 0 Å². The van der Waals surface area contributed by atoms with Gasteiger partial charge < -0.3 is 5.32 Å². The number of nitro groups is 1. The van der Waals surface area contributed by atoms with Crippen molar-refractivity contribution in [2.75, 3.05) is 5.32 Å². The summed E-state index contributed by atoms with van der Waals surface area (Å²) in [6.45, 7) is 5.70. The third-order valence-electron chi connectivity index (χ3n) is 3.85. The van der Waals surface area contributed by atoms with Gasteiger partial charge in [-0.2, -0.15) is 0 Å². The largest absolute Gasteiger partial charge is 0.322 e. The van der Waals surface area contributed by atoms with Gasteiger partial charge >= 0.3 is 0 Å². The maximum absolute atomic E-state index is 12.6. The second-order valence-corrected chi connectivity index (χ2v) is 8.22. The third kappa shape index (κ3) is 4.53. The SMILES string of the molecule is Cc1ccc(C)c(NC(=O)c2ccc(Sc3nc(C)cs3)c([N+](=O)[O-])c2)c1. The molecule has 3 aromatic rings. The van der Waals surface area contributed by atoms with Gasteiger partial charge in [0.05, 0.1) is 9.82 Å². The maximum Gasteiger partial charge on any atom is 0.284 e. The minimum absolute atomic E-state index is 0.110. The van der Waals surface area contributed by atoms with Gasteiger partial charge in [0.25, 0.3) is 11.6 Å². The number of carbonyl (C=O) groups is 1. The number of amides is 1. The van der Waals surface area contributed by atoms with E-state index in [0.717, 1.165) is 21.2 Å². The predicted octanol–water partition coefficient (Wildman–Crippen LogP) is 5.38. The molecule has 6 nitrogen and oxygen atoms in total. The molecule has 0 radical (unpaired) electrons. The number of rotatable bonds is 5. The summed E-state index contributed by atoms with van der Waals surface area (Å²) in [7, 11) is 0. The molecule has 138 valence electrons. The van der Waals surface area contributed by atoms with Crippen LogP contribution in [0.15, 0.2) is 51.0 Å². The molecule has 0 bridgehead atoms. The fraction of sp³-hybridized carbons (Fsp3) is 0.158. The number of nitrogens with zero attached hydrogens (tertiary/aromatic N) is 2. The van der Waals surface area contributed by atoms with Crippen molar-refractivity contribution in [3.05, 3.63) is 74.3 Å². The number of anilines is 1. The first kappa shape index (κ1) is 19.1. The smallest absolute Gasteiger partial charge is 0.284 e. The van der Waals surface area contributed by atoms with Gasteiger partial charge in [-0.1, -0.05) is 23.9 Å². The Balaban J connectivity index is 1.87. The Kier molecular flexibility index (Phi) is 5.57. The highest BCUT2D eigenvalue weighted by Crippen LogP contribution is 2.37. The number of hydrogen-bond acceptors (Lipinski definition) is 6. The molecule has 1 aromatic heterocycles. The van der Waals surface area contributed by atoms with Crippen LogP contribution in [0.2, 0.25) is 0 Å². The van der Waals surface area contributed by atoms with Crippen molar-refractivity contribution in [3.63, 3.8) is 0 Å². The van der Waals surface area contributed by atoms with Gasteiger partial charge in [0.15, 0.2) is 4.34 Å². The third-order valence-corrected chi connectivity index (χ3v) is 5.98. The van der Waals surface area contributed by atoms with Crippen LogP contribution in [-0.4, -0.2) is 15.8 Å². The van der Waals surface area contributed by atoms with Crippen LogP contribution < -0.4 is 5.32 Å². The van der Waals surface area contributed by atoms with Crippen LogP contribution in [0.1, 0.15) is 27.2 Å². The van der Waals surface area contributed by atoms with Gasteiger partial charge in [0.1, 0.15) is 0 Å². The van der Waals surface area contributed by atoms with Gasteiger partial charge in [0, 0.05) is 28.4 Å². The van der Waals surface area contributed by atoms with Crippen LogP contribution in [0.5, 0.6) is 0 Å². The van der Waals surface area contributed by atoms with E-state index in [-0.39, 0.29) is 17.2 Å². The van der Waals surface area contributed by atoms with Gasteiger partial charge in [-0.3, -0.25) is 14.9 Å². The molecule has 0 unspecified atom stereocenters. The summed E-state index contributed by atoms with van der Waals surface area (Å²) in [6.07, 6.45) is 0. The van der Waals surface area contributed by atoms with Crippen LogP contribution >= 0.6 is 23.1 Å². The number of hydrogen-bond donors (Lipinski definition) is 1. The Morgan fingerprint density at radius 1 is 1.19 bits per heavy atom. The molecule has 0 fully saturated rings. The Bertz CT molecular complexity index is 1030. The predicted molar refractivity (Wildman–Crippen MR) is 108 cm³/mol. The molecule has 27 heavy (non-hydrogen) atoms. The Labute approximate surface area is 164 Å². The van der Waals surface area contributed by atoms with Crippen LogP contribution in [0.4, 0.5) is 11.4 Å². The van der Waals surface area contributed by atoms with E-state index in [9.17, 15) is 14.9 Å². The second kappa shape index (κ2) is 7.89. The van der Waals surface area contributed by atoms with E-state index in [1.54, 1.807) is 12.1 Å². The van der Waals surface area contributed by atoms with Crippen molar-refractivity contribution in [2.24, 2.45) is 0 Å². The summed E-state index contributed by atoms with van der Waals surface area (Å²) in [5.41, 5.74) is 3.64. The lowest BCUT2D eigenvalue weighted by Crippen LogP contribution is -2.13. The van der Waals surface area contributed by atoms with Crippen molar-refractivity contribution in [2.45, 2.75) is 30.0 Å². The van der Waals surface area contributed by atoms with Crippen molar-refractivity contribution >= 4 is 40.4 Å². The second-order valence-electron chi connectivity index (χ2n) is 6.07. The van der Waals surface area contributed by atoms with Crippen LogP contribution in [0, 0.1) is 30.9 Å². The normalized spacial score (nSPS) is 10.6. The first-order valence-corrected chi connectivity index (χ1v) is 9.80. The molecule has 0 spiro atoms. The Morgan fingerprint density at radius 2 is 1.96 bits per heavy atom. The molecule has 8 heteroatoms. The summed E-state index contributed by atoms with van der Waals surface area (Å²) in [5.74, 6) is -0.381. The van der Waals surface area contributed by atoms with Gasteiger partial charge in [-0.05, 0) is 50.1 Å². The number of benzene rings is 2. The standard InChI is InChI=1S/C19H17N3O3S2/c1-11-4-5-12(2)15(8-11)21-18(23)14-6-7-17(16(9-14)22(24)25)27-19-20-13(3)10-26-19/h4-10H,1-3H3,(H,21,23). The quantitative estimate of drug-likeness (QED) is 0.460. The highest BCUT2D eigenvalue weighted by atomic mass is 32.2. The molecule has 0 aliphatic rings. The molecule has 0 atom stereocenters. The average Bonchev–Trinajstić information content (AvgIpc) is 3.03. The molecule has 0 aliphatic heterocycles. The lowest BCUT2D eigenvalue weighted by atomic mass is 10.1. The van der Waals surface area contributed by atoms with Crippen LogP contribution in [0.3, 0.4) is 0 Å². The monoisotopic (exact) mass is 399 g/mol. The maximum atomic E-state index is 12.6. The molecule has 0 saturated carbocycles. The zero-order valence-electron chi connectivity index (χ0n) is 15.0. The van der Waals surface area contributed by atoms with Gasteiger partial charge in [-0.15, -0.1) is 11.3 Å². The average molecular weight is 399 g/mol. The first-order chi connectivity index (χ1) is 12.8. The Morgan fingerprint density at radius 3 is 2.63 bits per heavy atom. The Hall–Kier alpha value is -2.71. The molecule has 1 N–H and O–H groups in total. The summed E-state index contributed by atoms with van der Waals surface area (Å²) < 4.78 is 0.725. The fourth-order valence-electron chi connectivity index (χ4n) is 2.43. The number of aromatic nitrogens is 1. The first-order valence-electron chi connectivity index (χ1n) is 8.10. The molecule has 3 rings (SSSR count). The number of thiazole rings is 1. The van der Waals surface area contributed by atoms with Crippen molar-refractivity contribution in [3.8, 4) is 0 Å². The minimum Gasteiger partial charge on any atom is -0.322 e. The molecule has 1 heterocycles. The van der Waals surface area contributed by atoms with E-state index >= 15 is 0 Å². The number of carbonyl (C=O) groups excluding carboxylic acids is 1. The van der Waals surface area contributed by atoms with E-state index in [1.165, 1.54) is 29.2 Å². The highest BCUT2D eigenvalue weighted by Gasteiger charge is 2.20. The van der Waals surface area contributed by atoms with E-state index in [2.05, 4.69) is 10.3 Å². The van der Waals surface area contributed by atoms with E-state index < -0.39 is 4.92 Å². The molecule has 0 saturated heterocycles. The zero-order valence-corrected chi connectivity index (χ0v) is 16.6.